The number of carbonyl (C=O) groups is 1. The molecule has 148 valence electrons. The summed E-state index contributed by atoms with van der Waals surface area (Å²) in [6.45, 7) is 6.47. The van der Waals surface area contributed by atoms with E-state index < -0.39 is 0 Å². The lowest BCUT2D eigenvalue weighted by Gasteiger charge is -2.11. The number of hydrogen-bond acceptors (Lipinski definition) is 5. The molecule has 0 heterocycles. The number of benzene rings is 2. The van der Waals surface area contributed by atoms with Gasteiger partial charge in [0.1, 0.15) is 6.61 Å². The van der Waals surface area contributed by atoms with Crippen LogP contribution < -0.4 is 14.9 Å². The summed E-state index contributed by atoms with van der Waals surface area (Å²) >= 11 is 5.04. The number of thioether (sulfide) groups is 1. The Balaban J connectivity index is 1.84. The Bertz CT molecular complexity index is 827. The molecule has 0 bridgehead atoms. The van der Waals surface area contributed by atoms with Crippen LogP contribution in [0.5, 0.6) is 11.5 Å². The van der Waals surface area contributed by atoms with Crippen molar-refractivity contribution in [2.45, 2.75) is 12.7 Å². The van der Waals surface area contributed by atoms with Crippen molar-refractivity contribution in [1.29, 1.82) is 0 Å². The number of nitrogens with zero attached hydrogens (tertiary/aromatic N) is 1. The SMILES string of the molecule is C=CCOc1ccc(/C=N/NC(=O)CSCc2ccccc2Br)cc1OCC. The topological polar surface area (TPSA) is 59.9 Å². The van der Waals surface area contributed by atoms with Crippen molar-refractivity contribution in [3.63, 3.8) is 0 Å². The van der Waals surface area contributed by atoms with E-state index in [4.69, 9.17) is 9.47 Å². The van der Waals surface area contributed by atoms with E-state index in [1.54, 1.807) is 12.3 Å². The molecule has 0 unspecified atom stereocenters. The molecule has 0 fully saturated rings. The molecule has 0 spiro atoms. The number of hydrazone groups is 1. The molecular formula is C21H23BrN2O3S. The highest BCUT2D eigenvalue weighted by Crippen LogP contribution is 2.28. The van der Waals surface area contributed by atoms with Crippen LogP contribution >= 0.6 is 27.7 Å². The number of hydrogen-bond donors (Lipinski definition) is 1. The van der Waals surface area contributed by atoms with Crippen LogP contribution in [0.3, 0.4) is 0 Å². The van der Waals surface area contributed by atoms with Gasteiger partial charge in [-0.25, -0.2) is 5.43 Å². The van der Waals surface area contributed by atoms with Crippen LogP contribution in [0.25, 0.3) is 0 Å². The Kier molecular flexibility index (Phi) is 9.65. The van der Waals surface area contributed by atoms with Gasteiger partial charge >= 0.3 is 0 Å². The van der Waals surface area contributed by atoms with E-state index in [1.165, 1.54) is 11.8 Å². The monoisotopic (exact) mass is 462 g/mol. The molecule has 0 saturated heterocycles. The summed E-state index contributed by atoms with van der Waals surface area (Å²) < 4.78 is 12.2. The second kappa shape index (κ2) is 12.3. The Labute approximate surface area is 178 Å². The molecule has 0 aliphatic carbocycles. The van der Waals surface area contributed by atoms with E-state index in [-0.39, 0.29) is 5.91 Å². The number of halogens is 1. The van der Waals surface area contributed by atoms with E-state index >= 15 is 0 Å². The molecule has 0 saturated carbocycles. The summed E-state index contributed by atoms with van der Waals surface area (Å²) in [5.41, 5.74) is 4.50. The van der Waals surface area contributed by atoms with Crippen molar-refractivity contribution < 1.29 is 14.3 Å². The van der Waals surface area contributed by atoms with Gasteiger partial charge in [0.15, 0.2) is 11.5 Å². The maximum atomic E-state index is 11.9. The summed E-state index contributed by atoms with van der Waals surface area (Å²) in [6, 6.07) is 13.4. The molecule has 0 aliphatic heterocycles. The van der Waals surface area contributed by atoms with E-state index in [1.807, 2.05) is 49.4 Å². The molecule has 0 radical (unpaired) electrons. The number of ether oxygens (including phenoxy) is 2. The Morgan fingerprint density at radius 3 is 2.82 bits per heavy atom. The minimum absolute atomic E-state index is 0.149. The van der Waals surface area contributed by atoms with Crippen LogP contribution in [0, 0.1) is 0 Å². The number of carbonyl (C=O) groups excluding carboxylic acids is 1. The average Bonchev–Trinajstić information content (AvgIpc) is 2.69. The minimum Gasteiger partial charge on any atom is -0.490 e. The lowest BCUT2D eigenvalue weighted by molar-refractivity contribution is -0.118. The van der Waals surface area contributed by atoms with Crippen LogP contribution in [-0.2, 0) is 10.5 Å². The van der Waals surface area contributed by atoms with Gasteiger partial charge in [0.2, 0.25) is 5.91 Å². The fourth-order valence-electron chi connectivity index (χ4n) is 2.22. The van der Waals surface area contributed by atoms with E-state index in [2.05, 4.69) is 33.0 Å². The average molecular weight is 463 g/mol. The second-order valence-corrected chi connectivity index (χ2v) is 7.46. The lowest BCUT2D eigenvalue weighted by Crippen LogP contribution is -2.19. The number of nitrogens with one attached hydrogen (secondary N) is 1. The highest BCUT2D eigenvalue weighted by Gasteiger charge is 2.06. The number of rotatable bonds is 11. The lowest BCUT2D eigenvalue weighted by atomic mass is 10.2. The van der Waals surface area contributed by atoms with E-state index in [0.29, 0.717) is 30.5 Å². The van der Waals surface area contributed by atoms with Crippen LogP contribution in [0.1, 0.15) is 18.1 Å². The van der Waals surface area contributed by atoms with Crippen molar-refractivity contribution >= 4 is 39.8 Å². The van der Waals surface area contributed by atoms with Gasteiger partial charge in [0.25, 0.3) is 0 Å². The fraction of sp³-hybridized carbons (Fsp3) is 0.238. The number of amides is 1. The molecule has 28 heavy (non-hydrogen) atoms. The van der Waals surface area contributed by atoms with Gasteiger partial charge in [-0.05, 0) is 42.3 Å². The molecule has 2 rings (SSSR count). The highest BCUT2D eigenvalue weighted by molar-refractivity contribution is 9.10. The zero-order valence-electron chi connectivity index (χ0n) is 15.7. The molecule has 1 amide bonds. The van der Waals surface area contributed by atoms with Crippen LogP contribution in [0.15, 0.2) is 64.7 Å². The Morgan fingerprint density at radius 2 is 2.07 bits per heavy atom. The summed E-state index contributed by atoms with van der Waals surface area (Å²) in [6.07, 6.45) is 3.26. The maximum Gasteiger partial charge on any atom is 0.250 e. The van der Waals surface area contributed by atoms with Crippen LogP contribution in [-0.4, -0.2) is 31.1 Å². The van der Waals surface area contributed by atoms with E-state index in [9.17, 15) is 4.79 Å². The highest BCUT2D eigenvalue weighted by atomic mass is 79.9. The molecule has 0 aromatic heterocycles. The first-order valence-electron chi connectivity index (χ1n) is 8.77. The third-order valence-electron chi connectivity index (χ3n) is 3.48. The van der Waals surface area contributed by atoms with Crippen molar-refractivity contribution in [3.05, 3.63) is 70.7 Å². The van der Waals surface area contributed by atoms with E-state index in [0.717, 1.165) is 21.4 Å². The maximum absolute atomic E-state index is 11.9. The summed E-state index contributed by atoms with van der Waals surface area (Å²) in [5, 5.41) is 4.02. The molecular weight excluding hydrogens is 440 g/mol. The predicted octanol–water partition coefficient (Wildman–Crippen LogP) is 4.80. The van der Waals surface area contributed by atoms with Gasteiger partial charge < -0.3 is 9.47 Å². The zero-order valence-corrected chi connectivity index (χ0v) is 18.1. The van der Waals surface area contributed by atoms with Gasteiger partial charge in [-0.3, -0.25) is 4.79 Å². The quantitative estimate of drug-likeness (QED) is 0.296. The Morgan fingerprint density at radius 1 is 1.25 bits per heavy atom. The van der Waals surface area contributed by atoms with Gasteiger partial charge in [-0.15, -0.1) is 11.8 Å². The standard InChI is InChI=1S/C21H23BrN2O3S/c1-3-11-27-19-10-9-16(12-20(19)26-4-2)13-23-24-21(25)15-28-14-17-7-5-6-8-18(17)22/h3,5-10,12-13H,1,4,11,14-15H2,2H3,(H,24,25)/b23-13+. The fourth-order valence-corrected chi connectivity index (χ4v) is 3.66. The summed E-state index contributed by atoms with van der Waals surface area (Å²) in [4.78, 5) is 11.9. The van der Waals surface area contributed by atoms with Gasteiger partial charge in [0, 0.05) is 10.2 Å². The molecule has 1 N–H and O–H groups in total. The molecule has 0 atom stereocenters. The van der Waals surface area contributed by atoms with Crippen molar-refractivity contribution in [2.75, 3.05) is 19.0 Å². The second-order valence-electron chi connectivity index (χ2n) is 5.62. The van der Waals surface area contributed by atoms with Gasteiger partial charge in [-0.1, -0.05) is 46.8 Å². The smallest absolute Gasteiger partial charge is 0.250 e. The molecule has 2 aromatic carbocycles. The van der Waals surface area contributed by atoms with Gasteiger partial charge in [-0.2, -0.15) is 5.10 Å². The third kappa shape index (κ3) is 7.40. The largest absolute Gasteiger partial charge is 0.490 e. The van der Waals surface area contributed by atoms with Crippen molar-refractivity contribution in [3.8, 4) is 11.5 Å². The normalized spacial score (nSPS) is 10.6. The van der Waals surface area contributed by atoms with Crippen LogP contribution in [0.2, 0.25) is 0 Å². The van der Waals surface area contributed by atoms with Crippen molar-refractivity contribution in [1.82, 2.24) is 5.43 Å². The molecule has 7 heteroatoms. The zero-order chi connectivity index (χ0) is 20.2. The summed E-state index contributed by atoms with van der Waals surface area (Å²) in [5.74, 6) is 2.21. The van der Waals surface area contributed by atoms with Crippen LogP contribution in [0.4, 0.5) is 0 Å². The first-order valence-corrected chi connectivity index (χ1v) is 10.7. The molecule has 5 nitrogen and oxygen atoms in total. The minimum atomic E-state index is -0.149. The molecule has 2 aromatic rings. The molecule has 0 aliphatic rings. The first-order chi connectivity index (χ1) is 13.6. The van der Waals surface area contributed by atoms with Gasteiger partial charge in [0.05, 0.1) is 18.6 Å². The summed E-state index contributed by atoms with van der Waals surface area (Å²) in [7, 11) is 0. The first kappa shape index (κ1) is 22.0. The Hall–Kier alpha value is -2.25. The van der Waals surface area contributed by atoms with Crippen molar-refractivity contribution in [2.24, 2.45) is 5.10 Å². The third-order valence-corrected chi connectivity index (χ3v) is 5.23. The predicted molar refractivity (Wildman–Crippen MR) is 119 cm³/mol.